The molecule has 8 heteroatoms. The second-order valence-electron chi connectivity index (χ2n) is 7.09. The third-order valence-electron chi connectivity index (χ3n) is 4.94. The van der Waals surface area contributed by atoms with Crippen LogP contribution in [-0.2, 0) is 6.18 Å². The Bertz CT molecular complexity index is 1520. The molecule has 0 fully saturated rings. The summed E-state index contributed by atoms with van der Waals surface area (Å²) >= 11 is 0. The summed E-state index contributed by atoms with van der Waals surface area (Å²) in [6.07, 6.45) is -3.29. The minimum atomic E-state index is -4.48. The van der Waals surface area contributed by atoms with E-state index in [0.717, 1.165) is 22.2 Å². The Morgan fingerprint density at radius 1 is 0.938 bits per heavy atom. The van der Waals surface area contributed by atoms with E-state index in [1.54, 1.807) is 36.4 Å². The van der Waals surface area contributed by atoms with Crippen molar-refractivity contribution in [1.82, 2.24) is 9.66 Å². The van der Waals surface area contributed by atoms with Gasteiger partial charge in [-0.05, 0) is 42.0 Å². The van der Waals surface area contributed by atoms with Gasteiger partial charge in [-0.25, -0.2) is 4.98 Å². The molecule has 0 unspecified atom stereocenters. The molecule has 5 rings (SSSR count). The van der Waals surface area contributed by atoms with Gasteiger partial charge in [0.05, 0.1) is 22.7 Å². The second-order valence-corrected chi connectivity index (χ2v) is 7.09. The summed E-state index contributed by atoms with van der Waals surface area (Å²) < 4.78 is 46.0. The minimum absolute atomic E-state index is 0.146. The van der Waals surface area contributed by atoms with Gasteiger partial charge in [-0.2, -0.15) is 22.9 Å². The van der Waals surface area contributed by atoms with Crippen LogP contribution in [0.4, 0.5) is 13.2 Å². The van der Waals surface area contributed by atoms with E-state index in [0.29, 0.717) is 22.2 Å². The van der Waals surface area contributed by atoms with E-state index in [2.05, 4.69) is 10.1 Å². The Kier molecular flexibility index (Phi) is 4.62. The smallest absolute Gasteiger partial charge is 0.416 e. The molecule has 2 heterocycles. The first-order chi connectivity index (χ1) is 15.4. The van der Waals surface area contributed by atoms with Gasteiger partial charge in [0.1, 0.15) is 5.58 Å². The quantitative estimate of drug-likeness (QED) is 0.343. The van der Waals surface area contributed by atoms with Gasteiger partial charge in [-0.3, -0.25) is 4.79 Å². The van der Waals surface area contributed by atoms with E-state index in [1.807, 2.05) is 18.2 Å². The van der Waals surface area contributed by atoms with Gasteiger partial charge in [0, 0.05) is 5.39 Å². The number of aromatic nitrogens is 2. The third-order valence-corrected chi connectivity index (χ3v) is 4.94. The molecular weight excluding hydrogens is 419 g/mol. The van der Waals surface area contributed by atoms with Crippen LogP contribution in [-0.4, -0.2) is 15.9 Å². The predicted molar refractivity (Wildman–Crippen MR) is 116 cm³/mol. The number of nitrogens with zero attached hydrogens (tertiary/aromatic N) is 3. The molecule has 5 aromatic rings. The molecule has 5 nitrogen and oxygen atoms in total. The van der Waals surface area contributed by atoms with Crippen molar-refractivity contribution in [2.45, 2.75) is 6.18 Å². The largest absolute Gasteiger partial charge is 0.453 e. The van der Waals surface area contributed by atoms with Crippen LogP contribution in [0.25, 0.3) is 33.5 Å². The number of hydrogen-bond donors (Lipinski definition) is 0. The molecule has 0 aliphatic rings. The van der Waals surface area contributed by atoms with Crippen molar-refractivity contribution >= 4 is 28.1 Å². The van der Waals surface area contributed by atoms with Crippen molar-refractivity contribution in [1.29, 1.82) is 0 Å². The molecule has 0 N–H and O–H groups in total. The summed E-state index contributed by atoms with van der Waals surface area (Å²) in [5.41, 5.74) is -0.00977. The van der Waals surface area contributed by atoms with Gasteiger partial charge in [-0.15, -0.1) is 0 Å². The molecule has 0 aliphatic carbocycles. The standard InChI is InChI=1S/C24H14F3N3O2/c25-24(26,27)17-8-5-6-15(12-17)14-28-30-22(21-13-16-7-1-4-11-20(16)32-21)29-19-10-3-2-9-18(19)23(30)31/h1-14H. The number of rotatable bonds is 3. The van der Waals surface area contributed by atoms with Crippen LogP contribution >= 0.6 is 0 Å². The van der Waals surface area contributed by atoms with Crippen LogP contribution in [0, 0.1) is 0 Å². The van der Waals surface area contributed by atoms with Gasteiger partial charge in [-0.1, -0.05) is 42.5 Å². The van der Waals surface area contributed by atoms with Gasteiger partial charge >= 0.3 is 6.18 Å². The molecule has 2 aromatic heterocycles. The lowest BCUT2D eigenvalue weighted by molar-refractivity contribution is -0.137. The van der Waals surface area contributed by atoms with Gasteiger partial charge < -0.3 is 4.42 Å². The zero-order valence-corrected chi connectivity index (χ0v) is 16.4. The van der Waals surface area contributed by atoms with Crippen molar-refractivity contribution in [3.05, 3.63) is 100 Å². The molecule has 0 saturated heterocycles. The highest BCUT2D eigenvalue weighted by molar-refractivity contribution is 5.84. The number of alkyl halides is 3. The van der Waals surface area contributed by atoms with E-state index in [9.17, 15) is 18.0 Å². The zero-order valence-electron chi connectivity index (χ0n) is 16.4. The normalized spacial score (nSPS) is 12.2. The highest BCUT2D eigenvalue weighted by Crippen LogP contribution is 2.29. The van der Waals surface area contributed by atoms with E-state index < -0.39 is 17.3 Å². The molecular formula is C24H14F3N3O2. The van der Waals surface area contributed by atoms with E-state index in [4.69, 9.17) is 4.42 Å². The molecule has 3 aromatic carbocycles. The minimum Gasteiger partial charge on any atom is -0.453 e. The average Bonchev–Trinajstić information content (AvgIpc) is 3.22. The topological polar surface area (TPSA) is 60.4 Å². The highest BCUT2D eigenvalue weighted by atomic mass is 19.4. The van der Waals surface area contributed by atoms with Crippen molar-refractivity contribution < 1.29 is 17.6 Å². The Hall–Kier alpha value is -4.20. The predicted octanol–water partition coefficient (Wildman–Crippen LogP) is 5.71. The van der Waals surface area contributed by atoms with Crippen molar-refractivity contribution in [3.63, 3.8) is 0 Å². The van der Waals surface area contributed by atoms with Crippen LogP contribution < -0.4 is 5.56 Å². The first-order valence-corrected chi connectivity index (χ1v) is 9.62. The Morgan fingerprint density at radius 2 is 1.72 bits per heavy atom. The fourth-order valence-electron chi connectivity index (χ4n) is 3.40. The van der Waals surface area contributed by atoms with E-state index in [-0.39, 0.29) is 11.4 Å². The molecule has 0 bridgehead atoms. The number of hydrogen-bond acceptors (Lipinski definition) is 4. The maximum absolute atomic E-state index is 13.2. The molecule has 0 spiro atoms. The maximum atomic E-state index is 13.2. The number of para-hydroxylation sites is 2. The Morgan fingerprint density at radius 3 is 2.53 bits per heavy atom. The average molecular weight is 433 g/mol. The van der Waals surface area contributed by atoms with Crippen molar-refractivity contribution in [3.8, 4) is 11.6 Å². The number of benzene rings is 3. The van der Waals surface area contributed by atoms with E-state index in [1.165, 1.54) is 18.3 Å². The molecule has 0 aliphatic heterocycles. The fourth-order valence-corrected chi connectivity index (χ4v) is 3.40. The van der Waals surface area contributed by atoms with Crippen LogP contribution in [0.3, 0.4) is 0 Å². The SMILES string of the molecule is O=c1c2ccccc2nc(-c2cc3ccccc3o2)n1N=Cc1cccc(C(F)(F)F)c1. The molecule has 0 radical (unpaired) electrons. The molecule has 158 valence electrons. The molecule has 0 amide bonds. The lowest BCUT2D eigenvalue weighted by Crippen LogP contribution is -2.20. The molecule has 0 atom stereocenters. The van der Waals surface area contributed by atoms with Gasteiger partial charge in [0.15, 0.2) is 5.76 Å². The van der Waals surface area contributed by atoms with E-state index >= 15 is 0 Å². The fraction of sp³-hybridized carbons (Fsp3) is 0.0417. The van der Waals surface area contributed by atoms with Crippen LogP contribution in [0.1, 0.15) is 11.1 Å². The van der Waals surface area contributed by atoms with Crippen molar-refractivity contribution in [2.24, 2.45) is 5.10 Å². The van der Waals surface area contributed by atoms with Crippen LogP contribution in [0.5, 0.6) is 0 Å². The monoisotopic (exact) mass is 433 g/mol. The van der Waals surface area contributed by atoms with Crippen LogP contribution in [0.2, 0.25) is 0 Å². The number of furan rings is 1. The lowest BCUT2D eigenvalue weighted by Gasteiger charge is -2.08. The first kappa shape index (κ1) is 19.7. The zero-order chi connectivity index (χ0) is 22.3. The van der Waals surface area contributed by atoms with Crippen LogP contribution in [0.15, 0.2) is 93.2 Å². The maximum Gasteiger partial charge on any atom is 0.416 e. The number of fused-ring (bicyclic) bond motifs is 2. The summed E-state index contributed by atoms with van der Waals surface area (Å²) in [6, 6.07) is 20.5. The summed E-state index contributed by atoms with van der Waals surface area (Å²) in [7, 11) is 0. The summed E-state index contributed by atoms with van der Waals surface area (Å²) in [4.78, 5) is 17.7. The lowest BCUT2D eigenvalue weighted by atomic mass is 10.1. The first-order valence-electron chi connectivity index (χ1n) is 9.62. The highest BCUT2D eigenvalue weighted by Gasteiger charge is 2.30. The summed E-state index contributed by atoms with van der Waals surface area (Å²) in [6.45, 7) is 0. The molecule has 32 heavy (non-hydrogen) atoms. The third kappa shape index (κ3) is 3.56. The Balaban J connectivity index is 1.69. The summed E-state index contributed by atoms with van der Waals surface area (Å²) in [5.74, 6) is 0.461. The Labute approximate surface area is 179 Å². The summed E-state index contributed by atoms with van der Waals surface area (Å²) in [5, 5.41) is 5.33. The van der Waals surface area contributed by atoms with Gasteiger partial charge in [0.2, 0.25) is 5.82 Å². The van der Waals surface area contributed by atoms with Crippen molar-refractivity contribution in [2.75, 3.05) is 0 Å². The second kappa shape index (κ2) is 7.49. The van der Waals surface area contributed by atoms with Gasteiger partial charge in [0.25, 0.3) is 5.56 Å². The molecule has 0 saturated carbocycles. The number of halogens is 3.